The summed E-state index contributed by atoms with van der Waals surface area (Å²) >= 11 is 0. The number of hydrogen-bond acceptors (Lipinski definition) is 2. The van der Waals surface area contributed by atoms with Crippen molar-refractivity contribution in [3.05, 3.63) is 29.6 Å². The van der Waals surface area contributed by atoms with Crippen LogP contribution >= 0.6 is 0 Å². The molecule has 8 heteroatoms. The highest BCUT2D eigenvalue weighted by molar-refractivity contribution is 5.92. The van der Waals surface area contributed by atoms with Crippen LogP contribution in [-0.2, 0) is 4.79 Å². The van der Waals surface area contributed by atoms with E-state index in [1.165, 1.54) is 0 Å². The Morgan fingerprint density at radius 2 is 1.86 bits per heavy atom. The fourth-order valence-corrected chi connectivity index (χ4v) is 1.66. The van der Waals surface area contributed by atoms with Crippen molar-refractivity contribution in [1.82, 2.24) is 5.32 Å². The standard InChI is InChI=1S/C13H15F3N2O3/c1-6(2)3-10(12(19)20)18-13(21)17-9-5-7(14)4-8(15)11(9)16/h4-6,10H,3H2,1-2H3,(H,19,20)(H2,17,18,21)/t10-/m1/s1. The van der Waals surface area contributed by atoms with Gasteiger partial charge in [-0.2, -0.15) is 0 Å². The fourth-order valence-electron chi connectivity index (χ4n) is 1.66. The first-order valence-electron chi connectivity index (χ1n) is 6.15. The minimum Gasteiger partial charge on any atom is -0.480 e. The molecule has 1 aromatic rings. The number of carbonyl (C=O) groups excluding carboxylic acids is 1. The summed E-state index contributed by atoms with van der Waals surface area (Å²) in [5.41, 5.74) is -0.710. The number of benzene rings is 1. The van der Waals surface area contributed by atoms with Gasteiger partial charge < -0.3 is 15.7 Å². The molecule has 21 heavy (non-hydrogen) atoms. The monoisotopic (exact) mass is 304 g/mol. The molecule has 0 aliphatic carbocycles. The molecule has 0 heterocycles. The van der Waals surface area contributed by atoms with Crippen LogP contribution in [0.4, 0.5) is 23.7 Å². The molecule has 0 spiro atoms. The molecule has 116 valence electrons. The molecule has 0 bridgehead atoms. The summed E-state index contributed by atoms with van der Waals surface area (Å²) in [7, 11) is 0. The number of aliphatic carboxylic acids is 1. The van der Waals surface area contributed by atoms with Crippen LogP contribution < -0.4 is 10.6 Å². The molecule has 1 rings (SSSR count). The van der Waals surface area contributed by atoms with Crippen LogP contribution in [0.2, 0.25) is 0 Å². The number of urea groups is 1. The number of halogens is 3. The van der Waals surface area contributed by atoms with Crippen LogP contribution in [-0.4, -0.2) is 23.1 Å². The Morgan fingerprint density at radius 1 is 1.24 bits per heavy atom. The first-order chi connectivity index (χ1) is 9.70. The second kappa shape index (κ2) is 6.96. The van der Waals surface area contributed by atoms with Gasteiger partial charge in [-0.05, 0) is 12.3 Å². The molecule has 1 atom stereocenters. The number of carboxylic acids is 1. The lowest BCUT2D eigenvalue weighted by Crippen LogP contribution is -2.43. The van der Waals surface area contributed by atoms with E-state index in [9.17, 15) is 22.8 Å². The van der Waals surface area contributed by atoms with Gasteiger partial charge >= 0.3 is 12.0 Å². The topological polar surface area (TPSA) is 78.4 Å². The van der Waals surface area contributed by atoms with Gasteiger partial charge in [-0.25, -0.2) is 22.8 Å². The maximum absolute atomic E-state index is 13.3. The van der Waals surface area contributed by atoms with E-state index in [1.54, 1.807) is 13.8 Å². The number of carbonyl (C=O) groups is 2. The van der Waals surface area contributed by atoms with Crippen LogP contribution in [0.3, 0.4) is 0 Å². The van der Waals surface area contributed by atoms with Crippen molar-refractivity contribution in [2.75, 3.05) is 5.32 Å². The first kappa shape index (κ1) is 16.8. The maximum Gasteiger partial charge on any atom is 0.326 e. The second-order valence-electron chi connectivity index (χ2n) is 4.87. The van der Waals surface area contributed by atoms with Crippen molar-refractivity contribution >= 4 is 17.7 Å². The summed E-state index contributed by atoms with van der Waals surface area (Å²) in [5.74, 6) is -5.22. The lowest BCUT2D eigenvalue weighted by atomic mass is 10.0. The molecule has 0 saturated carbocycles. The number of nitrogens with one attached hydrogen (secondary N) is 2. The number of amides is 2. The van der Waals surface area contributed by atoms with Crippen LogP contribution in [0.25, 0.3) is 0 Å². The summed E-state index contributed by atoms with van der Waals surface area (Å²) in [5, 5.41) is 12.9. The molecule has 2 amide bonds. The zero-order valence-corrected chi connectivity index (χ0v) is 11.4. The molecule has 5 nitrogen and oxygen atoms in total. The third kappa shape index (κ3) is 4.97. The number of anilines is 1. The Hall–Kier alpha value is -2.25. The van der Waals surface area contributed by atoms with Crippen molar-refractivity contribution < 1.29 is 27.9 Å². The molecule has 0 radical (unpaired) electrons. The molecule has 3 N–H and O–H groups in total. The molecule has 0 aromatic heterocycles. The SMILES string of the molecule is CC(C)C[C@@H](NC(=O)Nc1cc(F)cc(F)c1F)C(=O)O. The van der Waals surface area contributed by atoms with Crippen molar-refractivity contribution in [3.63, 3.8) is 0 Å². The van der Waals surface area contributed by atoms with Gasteiger partial charge in [0.15, 0.2) is 11.6 Å². The molecular formula is C13H15F3N2O3. The van der Waals surface area contributed by atoms with Crippen molar-refractivity contribution in [2.45, 2.75) is 26.3 Å². The summed E-state index contributed by atoms with van der Waals surface area (Å²) in [6.07, 6.45) is 0.156. The Labute approximate surface area is 119 Å². The summed E-state index contributed by atoms with van der Waals surface area (Å²) in [4.78, 5) is 22.5. The van der Waals surface area contributed by atoms with E-state index in [1.807, 2.05) is 5.32 Å². The van der Waals surface area contributed by atoms with Gasteiger partial charge in [-0.3, -0.25) is 0 Å². The van der Waals surface area contributed by atoms with Crippen molar-refractivity contribution in [1.29, 1.82) is 0 Å². The zero-order valence-electron chi connectivity index (χ0n) is 11.4. The summed E-state index contributed by atoms with van der Waals surface area (Å²) < 4.78 is 39.3. The molecule has 1 aromatic carbocycles. The van der Waals surface area contributed by atoms with E-state index in [0.29, 0.717) is 12.1 Å². The lowest BCUT2D eigenvalue weighted by Gasteiger charge is -2.17. The first-order valence-corrected chi connectivity index (χ1v) is 6.15. The second-order valence-corrected chi connectivity index (χ2v) is 4.87. The van der Waals surface area contributed by atoms with Crippen LogP contribution in [0.15, 0.2) is 12.1 Å². The average molecular weight is 304 g/mol. The predicted octanol–water partition coefficient (Wildman–Crippen LogP) is 2.72. The van der Waals surface area contributed by atoms with Gasteiger partial charge in [0, 0.05) is 12.1 Å². The molecule has 0 saturated heterocycles. The average Bonchev–Trinajstić information content (AvgIpc) is 2.33. The summed E-state index contributed by atoms with van der Waals surface area (Å²) in [6.45, 7) is 3.52. The number of carboxylic acid groups (broad SMARTS) is 1. The van der Waals surface area contributed by atoms with Gasteiger partial charge in [-0.15, -0.1) is 0 Å². The highest BCUT2D eigenvalue weighted by atomic mass is 19.2. The number of hydrogen-bond donors (Lipinski definition) is 3. The van der Waals surface area contributed by atoms with E-state index >= 15 is 0 Å². The van der Waals surface area contributed by atoms with Crippen molar-refractivity contribution in [3.8, 4) is 0 Å². The van der Waals surface area contributed by atoms with Gasteiger partial charge in [0.05, 0.1) is 5.69 Å². The van der Waals surface area contributed by atoms with E-state index < -0.39 is 41.2 Å². The third-order valence-electron chi connectivity index (χ3n) is 2.55. The van der Waals surface area contributed by atoms with Crippen LogP contribution in [0.1, 0.15) is 20.3 Å². The minimum atomic E-state index is -1.46. The highest BCUT2D eigenvalue weighted by Gasteiger charge is 2.22. The van der Waals surface area contributed by atoms with Crippen molar-refractivity contribution in [2.24, 2.45) is 5.92 Å². The van der Waals surface area contributed by atoms with E-state index in [0.717, 1.165) is 0 Å². The molecule has 0 aliphatic rings. The Morgan fingerprint density at radius 3 is 2.38 bits per heavy atom. The molecular weight excluding hydrogens is 289 g/mol. The van der Waals surface area contributed by atoms with Gasteiger partial charge in [0.1, 0.15) is 11.9 Å². The van der Waals surface area contributed by atoms with Gasteiger partial charge in [0.2, 0.25) is 0 Å². The Kier molecular flexibility index (Phi) is 5.57. The Bertz CT molecular complexity index is 550. The zero-order chi connectivity index (χ0) is 16.2. The largest absolute Gasteiger partial charge is 0.480 e. The smallest absolute Gasteiger partial charge is 0.326 e. The fraction of sp³-hybridized carbons (Fsp3) is 0.385. The van der Waals surface area contributed by atoms with Crippen LogP contribution in [0, 0.1) is 23.4 Å². The molecule has 0 fully saturated rings. The van der Waals surface area contributed by atoms with Gasteiger partial charge in [0.25, 0.3) is 0 Å². The lowest BCUT2D eigenvalue weighted by molar-refractivity contribution is -0.139. The van der Waals surface area contributed by atoms with E-state index in [4.69, 9.17) is 5.11 Å². The van der Waals surface area contributed by atoms with E-state index in [2.05, 4.69) is 5.32 Å². The normalized spacial score (nSPS) is 12.1. The summed E-state index contributed by atoms with van der Waals surface area (Å²) in [6, 6.07) is -1.33. The van der Waals surface area contributed by atoms with Gasteiger partial charge in [-0.1, -0.05) is 13.8 Å². The number of rotatable bonds is 5. The predicted molar refractivity (Wildman–Crippen MR) is 69.3 cm³/mol. The van der Waals surface area contributed by atoms with E-state index in [-0.39, 0.29) is 12.3 Å². The van der Waals surface area contributed by atoms with Crippen LogP contribution in [0.5, 0.6) is 0 Å². The quantitative estimate of drug-likeness (QED) is 0.732. The molecule has 0 unspecified atom stereocenters. The molecule has 0 aliphatic heterocycles. The Balaban J connectivity index is 2.79. The maximum atomic E-state index is 13.3. The minimum absolute atomic E-state index is 0.00486. The third-order valence-corrected chi connectivity index (χ3v) is 2.55. The highest BCUT2D eigenvalue weighted by Crippen LogP contribution is 2.19.